The van der Waals surface area contributed by atoms with E-state index in [1.165, 1.54) is 0 Å². The Morgan fingerprint density at radius 2 is 2.28 bits per heavy atom. The summed E-state index contributed by atoms with van der Waals surface area (Å²) in [6.45, 7) is 2.77. The second-order valence-electron chi connectivity index (χ2n) is 4.50. The van der Waals surface area contributed by atoms with Crippen LogP contribution >= 0.6 is 0 Å². The number of nitrogen functional groups attached to an aromatic ring is 1. The molecule has 18 heavy (non-hydrogen) atoms. The maximum absolute atomic E-state index is 11.8. The van der Waals surface area contributed by atoms with E-state index in [2.05, 4.69) is 10.6 Å². The number of rotatable bonds is 3. The molecule has 4 N–H and O–H groups in total. The van der Waals surface area contributed by atoms with Crippen LogP contribution in [0.5, 0.6) is 0 Å². The molecule has 0 bridgehead atoms. The average molecular weight is 249 g/mol. The number of amides is 1. The van der Waals surface area contributed by atoms with Gasteiger partial charge >= 0.3 is 0 Å². The van der Waals surface area contributed by atoms with Crippen molar-refractivity contribution in [1.29, 1.82) is 0 Å². The number of anilines is 2. The Bertz CT molecular complexity index is 448. The molecule has 5 nitrogen and oxygen atoms in total. The number of carbonyl (C=O) groups excluding carboxylic acids is 1. The first-order chi connectivity index (χ1) is 8.61. The first kappa shape index (κ1) is 12.7. The van der Waals surface area contributed by atoms with Gasteiger partial charge in [0.1, 0.15) is 0 Å². The fourth-order valence-electron chi connectivity index (χ4n) is 2.13. The molecule has 0 spiro atoms. The van der Waals surface area contributed by atoms with Gasteiger partial charge in [-0.1, -0.05) is 0 Å². The van der Waals surface area contributed by atoms with Gasteiger partial charge in [0.15, 0.2) is 0 Å². The first-order valence-corrected chi connectivity index (χ1v) is 6.11. The quantitative estimate of drug-likeness (QED) is 0.704. The normalized spacial score (nSPS) is 22.8. The third-order valence-electron chi connectivity index (χ3n) is 3.23. The van der Waals surface area contributed by atoms with Crippen LogP contribution in [-0.2, 0) is 4.74 Å². The van der Waals surface area contributed by atoms with Gasteiger partial charge in [0.2, 0.25) is 0 Å². The molecule has 2 atom stereocenters. The smallest absolute Gasteiger partial charge is 0.253 e. The fourth-order valence-corrected chi connectivity index (χ4v) is 2.13. The third kappa shape index (κ3) is 2.56. The molecule has 1 aromatic carbocycles. The van der Waals surface area contributed by atoms with Gasteiger partial charge in [-0.2, -0.15) is 0 Å². The molecule has 5 heteroatoms. The van der Waals surface area contributed by atoms with Crippen LogP contribution in [0.3, 0.4) is 0 Å². The van der Waals surface area contributed by atoms with E-state index < -0.39 is 0 Å². The molecule has 1 fully saturated rings. The molecule has 1 heterocycles. The number of benzene rings is 1. The number of nitrogens with one attached hydrogen (secondary N) is 2. The average Bonchev–Trinajstić information content (AvgIpc) is 2.74. The summed E-state index contributed by atoms with van der Waals surface area (Å²) in [5.74, 6) is -0.121. The van der Waals surface area contributed by atoms with Gasteiger partial charge in [0, 0.05) is 25.0 Å². The highest BCUT2D eigenvalue weighted by Gasteiger charge is 2.25. The molecule has 1 amide bonds. The van der Waals surface area contributed by atoms with Gasteiger partial charge in [-0.05, 0) is 31.5 Å². The molecule has 1 aliphatic heterocycles. The van der Waals surface area contributed by atoms with E-state index in [1.54, 1.807) is 25.2 Å². The zero-order valence-electron chi connectivity index (χ0n) is 10.7. The largest absolute Gasteiger partial charge is 0.399 e. The summed E-state index contributed by atoms with van der Waals surface area (Å²) in [6.07, 6.45) is 1.08. The van der Waals surface area contributed by atoms with Crippen LogP contribution in [0, 0.1) is 0 Å². The summed E-state index contributed by atoms with van der Waals surface area (Å²) in [5.41, 5.74) is 7.77. The van der Waals surface area contributed by atoms with Crippen LogP contribution < -0.4 is 16.4 Å². The molecule has 1 aliphatic rings. The zero-order valence-corrected chi connectivity index (χ0v) is 10.7. The summed E-state index contributed by atoms with van der Waals surface area (Å²) in [6, 6.07) is 5.46. The topological polar surface area (TPSA) is 76.4 Å². The molecular weight excluding hydrogens is 230 g/mol. The van der Waals surface area contributed by atoms with Crippen molar-refractivity contribution in [1.82, 2.24) is 5.32 Å². The molecule has 1 saturated heterocycles. The number of nitrogens with two attached hydrogens (primary N) is 1. The molecule has 0 saturated carbocycles. The maximum atomic E-state index is 11.8. The minimum atomic E-state index is -0.121. The molecule has 1 aromatic rings. The van der Waals surface area contributed by atoms with Crippen LogP contribution in [0.2, 0.25) is 0 Å². The minimum Gasteiger partial charge on any atom is -0.399 e. The van der Waals surface area contributed by atoms with Crippen molar-refractivity contribution in [2.75, 3.05) is 24.7 Å². The molecule has 2 rings (SSSR count). The Hall–Kier alpha value is -1.75. The second-order valence-corrected chi connectivity index (χ2v) is 4.50. The van der Waals surface area contributed by atoms with Crippen molar-refractivity contribution in [3.8, 4) is 0 Å². The minimum absolute atomic E-state index is 0.121. The zero-order chi connectivity index (χ0) is 13.1. The van der Waals surface area contributed by atoms with Crippen LogP contribution in [0.4, 0.5) is 11.4 Å². The second kappa shape index (κ2) is 5.27. The fraction of sp³-hybridized carbons (Fsp3) is 0.462. The van der Waals surface area contributed by atoms with E-state index in [0.717, 1.165) is 18.7 Å². The van der Waals surface area contributed by atoms with E-state index in [0.29, 0.717) is 11.3 Å². The molecular formula is C13H19N3O2. The lowest BCUT2D eigenvalue weighted by Crippen LogP contribution is -2.28. The maximum Gasteiger partial charge on any atom is 0.253 e. The number of ether oxygens (including phenoxy) is 1. The number of hydrogen-bond donors (Lipinski definition) is 3. The summed E-state index contributed by atoms with van der Waals surface area (Å²) in [5, 5.41) is 5.98. The Balaban J connectivity index is 2.24. The monoisotopic (exact) mass is 249 g/mol. The van der Waals surface area contributed by atoms with Gasteiger partial charge in [-0.15, -0.1) is 0 Å². The lowest BCUT2D eigenvalue weighted by atomic mass is 10.1. The van der Waals surface area contributed by atoms with Crippen molar-refractivity contribution in [3.63, 3.8) is 0 Å². The predicted octanol–water partition coefficient (Wildman–Crippen LogP) is 1.22. The molecule has 2 unspecified atom stereocenters. The molecule has 0 radical (unpaired) electrons. The standard InChI is InChI=1S/C13H19N3O2/c1-8-11(5-6-18-8)16-12-7-9(14)3-4-10(12)13(17)15-2/h3-4,7-8,11,16H,5-6,14H2,1-2H3,(H,15,17). The van der Waals surface area contributed by atoms with Crippen molar-refractivity contribution in [3.05, 3.63) is 23.8 Å². The van der Waals surface area contributed by atoms with Crippen LogP contribution in [-0.4, -0.2) is 31.7 Å². The summed E-state index contributed by atoms with van der Waals surface area (Å²) in [4.78, 5) is 11.8. The molecule has 0 aliphatic carbocycles. The van der Waals surface area contributed by atoms with Crippen molar-refractivity contribution in [2.24, 2.45) is 0 Å². The Morgan fingerprint density at radius 1 is 1.50 bits per heavy atom. The van der Waals surface area contributed by atoms with Gasteiger partial charge in [-0.25, -0.2) is 0 Å². The van der Waals surface area contributed by atoms with Crippen molar-refractivity contribution >= 4 is 17.3 Å². The summed E-state index contributed by atoms with van der Waals surface area (Å²) >= 11 is 0. The first-order valence-electron chi connectivity index (χ1n) is 6.11. The van der Waals surface area contributed by atoms with Gasteiger partial charge < -0.3 is 21.1 Å². The highest BCUT2D eigenvalue weighted by molar-refractivity contribution is 6.00. The SMILES string of the molecule is CNC(=O)c1ccc(N)cc1NC1CCOC1C. The van der Waals surface area contributed by atoms with Gasteiger partial charge in [0.05, 0.1) is 17.7 Å². The number of hydrogen-bond acceptors (Lipinski definition) is 4. The highest BCUT2D eigenvalue weighted by Crippen LogP contribution is 2.24. The van der Waals surface area contributed by atoms with Crippen LogP contribution in [0.15, 0.2) is 18.2 Å². The van der Waals surface area contributed by atoms with Gasteiger partial charge in [0.25, 0.3) is 5.91 Å². The van der Waals surface area contributed by atoms with Crippen LogP contribution in [0.25, 0.3) is 0 Å². The summed E-state index contributed by atoms with van der Waals surface area (Å²) < 4.78 is 5.50. The Labute approximate surface area is 107 Å². The molecule has 98 valence electrons. The van der Waals surface area contributed by atoms with E-state index in [9.17, 15) is 4.79 Å². The Morgan fingerprint density at radius 3 is 2.89 bits per heavy atom. The predicted molar refractivity (Wildman–Crippen MR) is 71.7 cm³/mol. The lowest BCUT2D eigenvalue weighted by Gasteiger charge is -2.19. The van der Waals surface area contributed by atoms with E-state index in [-0.39, 0.29) is 18.1 Å². The molecule has 0 aromatic heterocycles. The van der Waals surface area contributed by atoms with Crippen LogP contribution in [0.1, 0.15) is 23.7 Å². The van der Waals surface area contributed by atoms with E-state index in [1.807, 2.05) is 6.92 Å². The van der Waals surface area contributed by atoms with Crippen molar-refractivity contribution in [2.45, 2.75) is 25.5 Å². The Kier molecular flexibility index (Phi) is 3.72. The van der Waals surface area contributed by atoms with Crippen molar-refractivity contribution < 1.29 is 9.53 Å². The third-order valence-corrected chi connectivity index (χ3v) is 3.23. The lowest BCUT2D eigenvalue weighted by molar-refractivity contribution is 0.0963. The summed E-state index contributed by atoms with van der Waals surface area (Å²) in [7, 11) is 1.61. The van der Waals surface area contributed by atoms with Gasteiger partial charge in [-0.3, -0.25) is 4.79 Å². The number of carbonyl (C=O) groups is 1. The van der Waals surface area contributed by atoms with E-state index in [4.69, 9.17) is 10.5 Å². The highest BCUT2D eigenvalue weighted by atomic mass is 16.5. The van der Waals surface area contributed by atoms with E-state index >= 15 is 0 Å².